The van der Waals surface area contributed by atoms with Crippen LogP contribution in [0.15, 0.2) is 4.52 Å². The number of aliphatic hydroxyl groups excluding tert-OH is 1. The molecule has 1 fully saturated rings. The molecule has 1 aromatic rings. The lowest BCUT2D eigenvalue weighted by molar-refractivity contribution is -0.124. The summed E-state index contributed by atoms with van der Waals surface area (Å²) in [4.78, 5) is 14.0. The van der Waals surface area contributed by atoms with Gasteiger partial charge in [0.25, 0.3) is 0 Å². The maximum absolute atomic E-state index is 11.8. The standard InChI is InChI=1S/C16H27N3O4/c1-4-22-8-6-16(21)17-14-5-7-19(10-15(14)20)9-13-11(2)18-23-12(13)3/h14-15,20H,4-10H2,1-3H3,(H,17,21). The van der Waals surface area contributed by atoms with Crippen LogP contribution in [0.5, 0.6) is 0 Å². The van der Waals surface area contributed by atoms with Gasteiger partial charge in [0.15, 0.2) is 0 Å². The first-order valence-electron chi connectivity index (χ1n) is 8.20. The van der Waals surface area contributed by atoms with Gasteiger partial charge < -0.3 is 19.7 Å². The van der Waals surface area contributed by atoms with Crippen LogP contribution in [0.2, 0.25) is 0 Å². The van der Waals surface area contributed by atoms with Gasteiger partial charge in [0.1, 0.15) is 5.76 Å². The van der Waals surface area contributed by atoms with Crippen LogP contribution in [0.4, 0.5) is 0 Å². The maximum atomic E-state index is 11.8. The van der Waals surface area contributed by atoms with Gasteiger partial charge in [0, 0.05) is 38.2 Å². The Morgan fingerprint density at radius 2 is 2.30 bits per heavy atom. The van der Waals surface area contributed by atoms with Crippen molar-refractivity contribution in [3.8, 4) is 0 Å². The Morgan fingerprint density at radius 3 is 2.91 bits per heavy atom. The number of amides is 1. The molecule has 1 aliphatic rings. The first-order chi connectivity index (χ1) is 11.0. The molecule has 1 saturated heterocycles. The van der Waals surface area contributed by atoms with E-state index in [1.807, 2.05) is 20.8 Å². The van der Waals surface area contributed by atoms with Crippen molar-refractivity contribution in [3.05, 3.63) is 17.0 Å². The molecule has 2 heterocycles. The SMILES string of the molecule is CCOCCC(=O)NC1CCN(Cc2c(C)noc2C)CC1O. The van der Waals surface area contributed by atoms with Gasteiger partial charge in [-0.1, -0.05) is 5.16 Å². The zero-order valence-electron chi connectivity index (χ0n) is 14.2. The Morgan fingerprint density at radius 1 is 1.52 bits per heavy atom. The maximum Gasteiger partial charge on any atom is 0.222 e. The molecular formula is C16H27N3O4. The fraction of sp³-hybridized carbons (Fsp3) is 0.750. The topological polar surface area (TPSA) is 87.8 Å². The smallest absolute Gasteiger partial charge is 0.222 e. The third-order valence-corrected chi connectivity index (χ3v) is 4.25. The van der Waals surface area contributed by atoms with Crippen LogP contribution in [0.3, 0.4) is 0 Å². The van der Waals surface area contributed by atoms with E-state index in [9.17, 15) is 9.90 Å². The number of ether oxygens (including phenoxy) is 1. The third kappa shape index (κ3) is 5.02. The van der Waals surface area contributed by atoms with Gasteiger partial charge in [0.2, 0.25) is 5.91 Å². The first kappa shape index (κ1) is 17.9. The molecule has 2 unspecified atom stereocenters. The average molecular weight is 325 g/mol. The van der Waals surface area contributed by atoms with E-state index in [4.69, 9.17) is 9.26 Å². The molecule has 7 nitrogen and oxygen atoms in total. The van der Waals surface area contributed by atoms with Gasteiger partial charge in [-0.05, 0) is 27.2 Å². The highest BCUT2D eigenvalue weighted by Gasteiger charge is 2.29. The molecule has 2 atom stereocenters. The molecule has 0 aliphatic carbocycles. The van der Waals surface area contributed by atoms with Gasteiger partial charge in [-0.3, -0.25) is 9.69 Å². The summed E-state index contributed by atoms with van der Waals surface area (Å²) in [7, 11) is 0. The summed E-state index contributed by atoms with van der Waals surface area (Å²) in [6.45, 7) is 8.81. The van der Waals surface area contributed by atoms with Crippen molar-refractivity contribution in [2.45, 2.75) is 52.3 Å². The quantitative estimate of drug-likeness (QED) is 0.720. The predicted molar refractivity (Wildman–Crippen MR) is 84.9 cm³/mol. The van der Waals surface area contributed by atoms with Crippen LogP contribution in [0.25, 0.3) is 0 Å². The van der Waals surface area contributed by atoms with Crippen LogP contribution in [0.1, 0.15) is 36.8 Å². The van der Waals surface area contributed by atoms with E-state index in [-0.39, 0.29) is 11.9 Å². The number of aryl methyl sites for hydroxylation is 2. The second-order valence-corrected chi connectivity index (χ2v) is 6.01. The van der Waals surface area contributed by atoms with Crippen molar-refractivity contribution in [2.24, 2.45) is 0 Å². The number of rotatable bonds is 7. The zero-order valence-corrected chi connectivity index (χ0v) is 14.2. The molecular weight excluding hydrogens is 298 g/mol. The highest BCUT2D eigenvalue weighted by molar-refractivity contribution is 5.76. The van der Waals surface area contributed by atoms with Gasteiger partial charge in [-0.25, -0.2) is 0 Å². The van der Waals surface area contributed by atoms with Crippen molar-refractivity contribution < 1.29 is 19.2 Å². The van der Waals surface area contributed by atoms with Crippen LogP contribution >= 0.6 is 0 Å². The lowest BCUT2D eigenvalue weighted by Crippen LogP contribution is -2.53. The molecule has 0 spiro atoms. The Balaban J connectivity index is 1.79. The lowest BCUT2D eigenvalue weighted by Gasteiger charge is -2.36. The minimum atomic E-state index is -0.569. The summed E-state index contributed by atoms with van der Waals surface area (Å²) >= 11 is 0. The molecule has 2 rings (SSSR count). The first-order valence-corrected chi connectivity index (χ1v) is 8.20. The highest BCUT2D eigenvalue weighted by Crippen LogP contribution is 2.19. The van der Waals surface area contributed by atoms with Crippen LogP contribution in [-0.2, 0) is 16.1 Å². The Bertz CT molecular complexity index is 498. The number of aliphatic hydroxyl groups is 1. The minimum absolute atomic E-state index is 0.0679. The van der Waals surface area contributed by atoms with Gasteiger partial charge in [-0.15, -0.1) is 0 Å². The zero-order chi connectivity index (χ0) is 16.8. The normalized spacial score (nSPS) is 22.3. The number of nitrogens with zero attached hydrogens (tertiary/aromatic N) is 2. The van der Waals surface area contributed by atoms with Crippen LogP contribution in [-0.4, -0.2) is 59.5 Å². The molecule has 7 heteroatoms. The van der Waals surface area contributed by atoms with E-state index < -0.39 is 6.10 Å². The number of likely N-dealkylation sites (tertiary alicyclic amines) is 1. The molecule has 1 amide bonds. The number of hydrogen-bond acceptors (Lipinski definition) is 6. The van der Waals surface area contributed by atoms with Crippen molar-refractivity contribution in [2.75, 3.05) is 26.3 Å². The molecule has 130 valence electrons. The minimum Gasteiger partial charge on any atom is -0.390 e. The third-order valence-electron chi connectivity index (χ3n) is 4.25. The largest absolute Gasteiger partial charge is 0.390 e. The Labute approximate surface area is 137 Å². The van der Waals surface area contributed by atoms with Crippen molar-refractivity contribution in [3.63, 3.8) is 0 Å². The van der Waals surface area contributed by atoms with Crippen LogP contribution in [0, 0.1) is 13.8 Å². The number of β-amino-alcohol motifs (C(OH)–C–C–N with tert-alkyl or cyclic N) is 1. The second kappa shape index (κ2) is 8.42. The molecule has 0 aromatic carbocycles. The molecule has 1 aromatic heterocycles. The lowest BCUT2D eigenvalue weighted by atomic mass is 10.0. The van der Waals surface area contributed by atoms with Gasteiger partial charge >= 0.3 is 0 Å². The van der Waals surface area contributed by atoms with Gasteiger partial charge in [0.05, 0.1) is 24.4 Å². The number of hydrogen-bond donors (Lipinski definition) is 2. The Kier molecular flexibility index (Phi) is 6.56. The summed E-state index contributed by atoms with van der Waals surface area (Å²) in [6, 6.07) is -0.190. The van der Waals surface area contributed by atoms with Crippen molar-refractivity contribution in [1.82, 2.24) is 15.4 Å². The fourth-order valence-corrected chi connectivity index (χ4v) is 2.85. The highest BCUT2D eigenvalue weighted by atomic mass is 16.5. The number of piperidine rings is 1. The average Bonchev–Trinajstić information content (AvgIpc) is 2.82. The van der Waals surface area contributed by atoms with Gasteiger partial charge in [-0.2, -0.15) is 0 Å². The second-order valence-electron chi connectivity index (χ2n) is 6.01. The number of carbonyl (C=O) groups excluding carboxylic acids is 1. The Hall–Kier alpha value is -1.44. The molecule has 0 saturated carbocycles. The van der Waals surface area contributed by atoms with E-state index in [0.717, 1.165) is 30.0 Å². The number of carbonyl (C=O) groups is 1. The monoisotopic (exact) mass is 325 g/mol. The van der Waals surface area contributed by atoms with E-state index in [1.54, 1.807) is 0 Å². The van der Waals surface area contributed by atoms with Crippen LogP contribution < -0.4 is 5.32 Å². The van der Waals surface area contributed by atoms with E-state index in [1.165, 1.54) is 0 Å². The molecule has 0 radical (unpaired) electrons. The van der Waals surface area contributed by atoms with Crippen molar-refractivity contribution in [1.29, 1.82) is 0 Å². The molecule has 2 N–H and O–H groups in total. The predicted octanol–water partition coefficient (Wildman–Crippen LogP) is 0.769. The van der Waals surface area contributed by atoms with E-state index in [2.05, 4.69) is 15.4 Å². The molecule has 0 bridgehead atoms. The molecule has 1 aliphatic heterocycles. The van der Waals surface area contributed by atoms with E-state index >= 15 is 0 Å². The summed E-state index contributed by atoms with van der Waals surface area (Å²) < 4.78 is 10.3. The summed E-state index contributed by atoms with van der Waals surface area (Å²) in [5.41, 5.74) is 1.97. The summed E-state index contributed by atoms with van der Waals surface area (Å²) in [5, 5.41) is 17.2. The summed E-state index contributed by atoms with van der Waals surface area (Å²) in [6.07, 6.45) is 0.491. The fourth-order valence-electron chi connectivity index (χ4n) is 2.85. The molecule has 23 heavy (non-hydrogen) atoms. The number of nitrogens with one attached hydrogen (secondary N) is 1. The van der Waals surface area contributed by atoms with E-state index in [0.29, 0.717) is 32.7 Å². The van der Waals surface area contributed by atoms with Crippen molar-refractivity contribution >= 4 is 5.91 Å². The number of aromatic nitrogens is 1. The summed E-state index contributed by atoms with van der Waals surface area (Å²) in [5.74, 6) is 0.755.